The highest BCUT2D eigenvalue weighted by molar-refractivity contribution is 6.36. The molecule has 0 unspecified atom stereocenters. The lowest BCUT2D eigenvalue weighted by molar-refractivity contribution is 0.629. The Morgan fingerprint density at radius 2 is 1.81 bits per heavy atom. The van der Waals surface area contributed by atoms with Crippen molar-refractivity contribution in [2.45, 2.75) is 0 Å². The van der Waals surface area contributed by atoms with Crippen LogP contribution in [0.4, 0.5) is 4.39 Å². The third kappa shape index (κ3) is 2.50. The van der Waals surface area contributed by atoms with Gasteiger partial charge in [-0.3, -0.25) is 4.79 Å². The highest BCUT2D eigenvalue weighted by Crippen LogP contribution is 2.26. The van der Waals surface area contributed by atoms with Crippen LogP contribution in [-0.4, -0.2) is 9.55 Å². The number of aromatic nitrogens is 2. The van der Waals surface area contributed by atoms with Gasteiger partial charge in [-0.05, 0) is 48.0 Å². The smallest absolute Gasteiger partial charge is 0.267 e. The number of halogens is 4. The van der Waals surface area contributed by atoms with Crippen LogP contribution in [0.25, 0.3) is 16.6 Å². The second-order valence-electron chi connectivity index (χ2n) is 4.28. The lowest BCUT2D eigenvalue weighted by atomic mass is 10.2. The summed E-state index contributed by atoms with van der Waals surface area (Å²) >= 11 is 18.0. The number of nitrogens with zero attached hydrogens (tertiary/aromatic N) is 2. The lowest BCUT2D eigenvalue weighted by Gasteiger charge is -2.11. The Bertz CT molecular complexity index is 924. The minimum atomic E-state index is -0.530. The van der Waals surface area contributed by atoms with Crippen molar-refractivity contribution in [2.75, 3.05) is 0 Å². The van der Waals surface area contributed by atoms with Gasteiger partial charge in [0.25, 0.3) is 5.56 Å². The standard InChI is InChI=1S/C14H6Cl3FN2O/c15-7-1-4-12(10(16)5-7)20-13(21)9-6-8(18)2-3-11(9)19-14(20)17/h1-6H. The number of hydrogen-bond donors (Lipinski definition) is 0. The topological polar surface area (TPSA) is 34.9 Å². The van der Waals surface area contributed by atoms with Crippen LogP contribution < -0.4 is 5.56 Å². The fourth-order valence-electron chi connectivity index (χ4n) is 2.00. The molecule has 106 valence electrons. The van der Waals surface area contributed by atoms with Crippen LogP contribution in [0.2, 0.25) is 15.3 Å². The van der Waals surface area contributed by atoms with E-state index in [0.717, 1.165) is 10.6 Å². The molecule has 0 radical (unpaired) electrons. The zero-order chi connectivity index (χ0) is 15.1. The molecule has 3 rings (SSSR count). The maximum atomic E-state index is 13.3. The van der Waals surface area contributed by atoms with Crippen molar-refractivity contribution in [1.82, 2.24) is 9.55 Å². The summed E-state index contributed by atoms with van der Waals surface area (Å²) in [6, 6.07) is 8.32. The number of benzene rings is 2. The van der Waals surface area contributed by atoms with E-state index in [4.69, 9.17) is 34.8 Å². The monoisotopic (exact) mass is 342 g/mol. The summed E-state index contributed by atoms with van der Waals surface area (Å²) in [6.07, 6.45) is 0. The minimum Gasteiger partial charge on any atom is -0.268 e. The van der Waals surface area contributed by atoms with Gasteiger partial charge >= 0.3 is 0 Å². The molecular weight excluding hydrogens is 338 g/mol. The highest BCUT2D eigenvalue weighted by atomic mass is 35.5. The van der Waals surface area contributed by atoms with Crippen LogP contribution in [0, 0.1) is 5.82 Å². The quantitative estimate of drug-likeness (QED) is 0.610. The first-order valence-corrected chi connectivity index (χ1v) is 6.94. The SMILES string of the molecule is O=c1c2cc(F)ccc2nc(Cl)n1-c1ccc(Cl)cc1Cl. The van der Waals surface area contributed by atoms with Gasteiger partial charge in [0, 0.05) is 5.02 Å². The Kier molecular flexibility index (Phi) is 3.61. The van der Waals surface area contributed by atoms with Crippen molar-refractivity contribution in [3.8, 4) is 5.69 Å². The summed E-state index contributed by atoms with van der Waals surface area (Å²) in [7, 11) is 0. The van der Waals surface area contributed by atoms with Gasteiger partial charge in [-0.15, -0.1) is 0 Å². The molecule has 1 heterocycles. The van der Waals surface area contributed by atoms with Gasteiger partial charge in [-0.2, -0.15) is 0 Å². The van der Waals surface area contributed by atoms with Crippen molar-refractivity contribution in [2.24, 2.45) is 0 Å². The Morgan fingerprint density at radius 3 is 2.52 bits per heavy atom. The average Bonchev–Trinajstić information content (AvgIpc) is 2.42. The first kappa shape index (κ1) is 14.3. The van der Waals surface area contributed by atoms with Crippen LogP contribution >= 0.6 is 34.8 Å². The van der Waals surface area contributed by atoms with Gasteiger partial charge in [0.1, 0.15) is 5.82 Å². The van der Waals surface area contributed by atoms with E-state index in [0.29, 0.717) is 16.2 Å². The molecule has 0 amide bonds. The fraction of sp³-hybridized carbons (Fsp3) is 0. The predicted octanol–water partition coefficient (Wildman–Crippen LogP) is 4.49. The maximum absolute atomic E-state index is 13.3. The molecule has 3 aromatic rings. The molecule has 0 N–H and O–H groups in total. The minimum absolute atomic E-state index is 0.0664. The van der Waals surface area contributed by atoms with E-state index in [9.17, 15) is 9.18 Å². The van der Waals surface area contributed by atoms with Crippen LogP contribution in [0.1, 0.15) is 0 Å². The number of rotatable bonds is 1. The van der Waals surface area contributed by atoms with Crippen LogP contribution in [0.15, 0.2) is 41.2 Å². The Morgan fingerprint density at radius 1 is 1.05 bits per heavy atom. The zero-order valence-electron chi connectivity index (χ0n) is 10.3. The van der Waals surface area contributed by atoms with Crippen molar-refractivity contribution >= 4 is 45.7 Å². The third-order valence-corrected chi connectivity index (χ3v) is 3.73. The van der Waals surface area contributed by atoms with Crippen LogP contribution in [-0.2, 0) is 0 Å². The summed E-state index contributed by atoms with van der Waals surface area (Å²) in [6.45, 7) is 0. The molecule has 0 saturated heterocycles. The molecule has 2 aromatic carbocycles. The van der Waals surface area contributed by atoms with Crippen molar-refractivity contribution < 1.29 is 4.39 Å². The molecule has 0 aliphatic heterocycles. The van der Waals surface area contributed by atoms with Gasteiger partial charge in [0.15, 0.2) is 0 Å². The Labute approximate surface area is 133 Å². The molecule has 1 aromatic heterocycles. The van der Waals surface area contributed by atoms with E-state index in [-0.39, 0.29) is 15.7 Å². The van der Waals surface area contributed by atoms with Crippen molar-refractivity contribution in [3.63, 3.8) is 0 Å². The number of fused-ring (bicyclic) bond motifs is 1. The van der Waals surface area contributed by atoms with Crippen LogP contribution in [0.3, 0.4) is 0 Å². The Hall–Kier alpha value is -1.62. The normalized spacial score (nSPS) is 11.0. The molecule has 0 aliphatic rings. The molecule has 0 saturated carbocycles. The molecule has 3 nitrogen and oxygen atoms in total. The van der Waals surface area contributed by atoms with Gasteiger partial charge < -0.3 is 0 Å². The molecule has 0 bridgehead atoms. The second-order valence-corrected chi connectivity index (χ2v) is 5.46. The summed E-state index contributed by atoms with van der Waals surface area (Å²) in [5.41, 5.74) is 0.135. The third-order valence-electron chi connectivity index (χ3n) is 2.94. The van der Waals surface area contributed by atoms with E-state index >= 15 is 0 Å². The zero-order valence-corrected chi connectivity index (χ0v) is 12.5. The van der Waals surface area contributed by atoms with E-state index in [1.54, 1.807) is 12.1 Å². The molecule has 0 spiro atoms. The van der Waals surface area contributed by atoms with Gasteiger partial charge in [0.05, 0.1) is 21.6 Å². The summed E-state index contributed by atoms with van der Waals surface area (Å²) < 4.78 is 14.4. The summed E-state index contributed by atoms with van der Waals surface area (Å²) in [5.74, 6) is -0.530. The summed E-state index contributed by atoms with van der Waals surface area (Å²) in [4.78, 5) is 16.6. The first-order valence-electron chi connectivity index (χ1n) is 5.80. The van der Waals surface area contributed by atoms with E-state index in [2.05, 4.69) is 4.98 Å². The van der Waals surface area contributed by atoms with Crippen molar-refractivity contribution in [1.29, 1.82) is 0 Å². The van der Waals surface area contributed by atoms with Gasteiger partial charge in [0.2, 0.25) is 5.28 Å². The lowest BCUT2D eigenvalue weighted by Crippen LogP contribution is -2.21. The molecule has 0 atom stereocenters. The Balaban J connectivity index is 2.40. The van der Waals surface area contributed by atoms with Crippen LogP contribution in [0.5, 0.6) is 0 Å². The molecule has 0 fully saturated rings. The van der Waals surface area contributed by atoms with Gasteiger partial charge in [-0.25, -0.2) is 13.9 Å². The van der Waals surface area contributed by atoms with E-state index in [1.165, 1.54) is 18.2 Å². The molecule has 7 heteroatoms. The largest absolute Gasteiger partial charge is 0.268 e. The summed E-state index contributed by atoms with van der Waals surface area (Å²) in [5, 5.41) is 0.713. The fourth-order valence-corrected chi connectivity index (χ4v) is 2.75. The maximum Gasteiger partial charge on any atom is 0.267 e. The first-order chi connectivity index (χ1) is 9.97. The second kappa shape index (κ2) is 5.30. The number of hydrogen-bond acceptors (Lipinski definition) is 2. The average molecular weight is 344 g/mol. The van der Waals surface area contributed by atoms with E-state index < -0.39 is 11.4 Å². The predicted molar refractivity (Wildman–Crippen MR) is 82.3 cm³/mol. The highest BCUT2D eigenvalue weighted by Gasteiger charge is 2.14. The van der Waals surface area contributed by atoms with Crippen molar-refractivity contribution in [3.05, 3.63) is 67.9 Å². The molecular formula is C14H6Cl3FN2O. The molecule has 0 aliphatic carbocycles. The van der Waals surface area contributed by atoms with Gasteiger partial charge in [-0.1, -0.05) is 23.2 Å². The molecule has 21 heavy (non-hydrogen) atoms. The van der Waals surface area contributed by atoms with E-state index in [1.807, 2.05) is 0 Å².